The largest absolute Gasteiger partial charge is 0.478 e. The van der Waals surface area contributed by atoms with Crippen LogP contribution < -0.4 is 0 Å². The Morgan fingerprint density at radius 3 is 2.29 bits per heavy atom. The van der Waals surface area contributed by atoms with Crippen molar-refractivity contribution < 1.29 is 9.90 Å². The van der Waals surface area contributed by atoms with Crippen molar-refractivity contribution in [1.29, 1.82) is 0 Å². The number of benzene rings is 1. The topological polar surface area (TPSA) is 37.3 Å². The summed E-state index contributed by atoms with van der Waals surface area (Å²) in [6.07, 6.45) is 5.39. The molecule has 0 fully saturated rings. The summed E-state index contributed by atoms with van der Waals surface area (Å²) in [4.78, 5) is 10.7. The molecule has 1 aliphatic carbocycles. The van der Waals surface area contributed by atoms with Gasteiger partial charge in [-0.15, -0.1) is 0 Å². The third-order valence-electron chi connectivity index (χ3n) is 4.93. The fourth-order valence-corrected chi connectivity index (χ4v) is 3.23. The molecule has 2 heteroatoms. The molecule has 1 unspecified atom stereocenters. The summed E-state index contributed by atoms with van der Waals surface area (Å²) >= 11 is 0. The lowest BCUT2D eigenvalue weighted by Gasteiger charge is -2.42. The molecule has 1 N–H and O–H groups in total. The molecule has 0 heterocycles. The van der Waals surface area contributed by atoms with Crippen molar-refractivity contribution >= 4 is 5.97 Å². The van der Waals surface area contributed by atoms with Gasteiger partial charge in [-0.2, -0.15) is 0 Å². The first-order chi connectivity index (χ1) is 9.63. The molecule has 0 radical (unpaired) electrons. The maximum atomic E-state index is 10.7. The van der Waals surface area contributed by atoms with E-state index in [4.69, 9.17) is 5.11 Å². The number of hydrogen-bond donors (Lipinski definition) is 1. The van der Waals surface area contributed by atoms with Crippen molar-refractivity contribution in [3.8, 4) is 0 Å². The minimum atomic E-state index is -0.888. The third-order valence-corrected chi connectivity index (χ3v) is 4.93. The standard InChI is InChI=1S/C19H26O2/c1-13(6-9-17(20)21)14-7-8-15-16(12-14)19(4,5)11-10-18(15,2)3/h6-9,12-13H,10-11H2,1-5H3,(H,20,21)/b9-6+. The zero-order valence-electron chi connectivity index (χ0n) is 13.7. The van der Waals surface area contributed by atoms with E-state index in [0.29, 0.717) is 0 Å². The summed E-state index contributed by atoms with van der Waals surface area (Å²) in [5, 5.41) is 8.77. The van der Waals surface area contributed by atoms with E-state index < -0.39 is 5.97 Å². The Morgan fingerprint density at radius 1 is 1.14 bits per heavy atom. The third kappa shape index (κ3) is 3.20. The minimum absolute atomic E-state index is 0.118. The van der Waals surface area contributed by atoms with E-state index in [1.165, 1.54) is 35.6 Å². The van der Waals surface area contributed by atoms with Crippen LogP contribution in [0, 0.1) is 0 Å². The van der Waals surface area contributed by atoms with E-state index in [1.807, 2.05) is 6.92 Å². The molecule has 0 saturated carbocycles. The Kier molecular flexibility index (Phi) is 4.01. The number of rotatable bonds is 3. The first-order valence-corrected chi connectivity index (χ1v) is 7.69. The quantitative estimate of drug-likeness (QED) is 0.812. The van der Waals surface area contributed by atoms with Crippen LogP contribution in [0.2, 0.25) is 0 Å². The lowest BCUT2D eigenvalue weighted by molar-refractivity contribution is -0.131. The van der Waals surface area contributed by atoms with Gasteiger partial charge < -0.3 is 5.11 Å². The van der Waals surface area contributed by atoms with Gasteiger partial charge in [-0.25, -0.2) is 4.79 Å². The molecule has 1 aromatic rings. The molecule has 1 atom stereocenters. The normalized spacial score (nSPS) is 21.0. The van der Waals surface area contributed by atoms with Crippen molar-refractivity contribution in [2.75, 3.05) is 0 Å². The highest BCUT2D eigenvalue weighted by molar-refractivity contribution is 5.79. The van der Waals surface area contributed by atoms with Crippen molar-refractivity contribution in [3.63, 3.8) is 0 Å². The van der Waals surface area contributed by atoms with Crippen molar-refractivity contribution in [2.24, 2.45) is 0 Å². The summed E-state index contributed by atoms with van der Waals surface area (Å²) in [5.41, 5.74) is 4.47. The predicted octanol–water partition coefficient (Wildman–Crippen LogP) is 4.78. The average molecular weight is 286 g/mol. The van der Waals surface area contributed by atoms with Crippen LogP contribution in [0.3, 0.4) is 0 Å². The van der Waals surface area contributed by atoms with Crippen LogP contribution in [0.5, 0.6) is 0 Å². The molecule has 0 bridgehead atoms. The number of fused-ring (bicyclic) bond motifs is 1. The predicted molar refractivity (Wildman–Crippen MR) is 86.9 cm³/mol. The number of aliphatic carboxylic acids is 1. The van der Waals surface area contributed by atoms with E-state index in [0.717, 1.165) is 0 Å². The average Bonchev–Trinajstić information content (AvgIpc) is 2.41. The monoisotopic (exact) mass is 286 g/mol. The number of carboxylic acid groups (broad SMARTS) is 1. The van der Waals surface area contributed by atoms with Gasteiger partial charge in [0.2, 0.25) is 0 Å². The fraction of sp³-hybridized carbons (Fsp3) is 0.526. The van der Waals surface area contributed by atoms with Gasteiger partial charge in [0.1, 0.15) is 0 Å². The fourth-order valence-electron chi connectivity index (χ4n) is 3.23. The van der Waals surface area contributed by atoms with E-state index >= 15 is 0 Å². The second kappa shape index (κ2) is 5.32. The summed E-state index contributed by atoms with van der Waals surface area (Å²) < 4.78 is 0. The van der Waals surface area contributed by atoms with Gasteiger partial charge in [-0.05, 0) is 46.3 Å². The van der Waals surface area contributed by atoms with Crippen molar-refractivity contribution in [3.05, 3.63) is 47.0 Å². The van der Waals surface area contributed by atoms with E-state index in [1.54, 1.807) is 6.08 Å². The smallest absolute Gasteiger partial charge is 0.327 e. The first kappa shape index (κ1) is 15.8. The molecule has 2 rings (SSSR count). The van der Waals surface area contributed by atoms with Crippen LogP contribution in [-0.2, 0) is 15.6 Å². The molecule has 0 aliphatic heterocycles. The Bertz CT molecular complexity index is 579. The Balaban J connectivity index is 2.44. The molecule has 114 valence electrons. The van der Waals surface area contributed by atoms with Crippen molar-refractivity contribution in [1.82, 2.24) is 0 Å². The molecular formula is C19H26O2. The maximum absolute atomic E-state index is 10.7. The number of carboxylic acids is 1. The lowest BCUT2D eigenvalue weighted by Crippen LogP contribution is -2.33. The highest BCUT2D eigenvalue weighted by Crippen LogP contribution is 2.46. The molecule has 0 spiro atoms. The zero-order valence-corrected chi connectivity index (χ0v) is 13.7. The van der Waals surface area contributed by atoms with Crippen LogP contribution in [0.4, 0.5) is 0 Å². The first-order valence-electron chi connectivity index (χ1n) is 7.69. The molecule has 1 aliphatic rings. The molecular weight excluding hydrogens is 260 g/mol. The van der Waals surface area contributed by atoms with Gasteiger partial charge in [0.15, 0.2) is 0 Å². The van der Waals surface area contributed by atoms with Gasteiger partial charge in [-0.3, -0.25) is 0 Å². The second-order valence-electron chi connectivity index (χ2n) is 7.56. The Hall–Kier alpha value is -1.57. The van der Waals surface area contributed by atoms with Crippen LogP contribution in [-0.4, -0.2) is 11.1 Å². The van der Waals surface area contributed by atoms with Crippen molar-refractivity contribution in [2.45, 2.75) is 64.2 Å². The zero-order chi connectivity index (χ0) is 15.8. The van der Waals surface area contributed by atoms with Gasteiger partial charge in [0.25, 0.3) is 0 Å². The minimum Gasteiger partial charge on any atom is -0.478 e. The summed E-state index contributed by atoms with van der Waals surface area (Å²) in [6.45, 7) is 11.3. The summed E-state index contributed by atoms with van der Waals surface area (Å²) in [7, 11) is 0. The Labute approximate surface area is 127 Å². The molecule has 0 aromatic heterocycles. The molecule has 0 saturated heterocycles. The van der Waals surface area contributed by atoms with E-state index in [-0.39, 0.29) is 16.7 Å². The molecule has 1 aromatic carbocycles. The Morgan fingerprint density at radius 2 is 1.71 bits per heavy atom. The molecule has 21 heavy (non-hydrogen) atoms. The van der Waals surface area contributed by atoms with E-state index in [2.05, 4.69) is 45.9 Å². The highest BCUT2D eigenvalue weighted by Gasteiger charge is 2.36. The summed E-state index contributed by atoms with van der Waals surface area (Å²) in [6, 6.07) is 6.68. The number of hydrogen-bond acceptors (Lipinski definition) is 1. The molecule has 2 nitrogen and oxygen atoms in total. The number of carbonyl (C=O) groups is 1. The maximum Gasteiger partial charge on any atom is 0.327 e. The van der Waals surface area contributed by atoms with Crippen LogP contribution in [0.1, 0.15) is 70.1 Å². The van der Waals surface area contributed by atoms with E-state index in [9.17, 15) is 4.79 Å². The van der Waals surface area contributed by atoms with Crippen LogP contribution in [0.15, 0.2) is 30.4 Å². The van der Waals surface area contributed by atoms with Gasteiger partial charge in [0, 0.05) is 6.08 Å². The number of allylic oxidation sites excluding steroid dienone is 1. The van der Waals surface area contributed by atoms with Gasteiger partial charge >= 0.3 is 5.97 Å². The summed E-state index contributed by atoms with van der Waals surface area (Å²) in [5.74, 6) is -0.770. The SMILES string of the molecule is CC(/C=C/C(=O)O)c1ccc2c(c1)C(C)(C)CCC2(C)C. The van der Waals surface area contributed by atoms with Gasteiger partial charge in [0.05, 0.1) is 0 Å². The van der Waals surface area contributed by atoms with Crippen LogP contribution >= 0.6 is 0 Å². The lowest BCUT2D eigenvalue weighted by atomic mass is 9.63. The van der Waals surface area contributed by atoms with Gasteiger partial charge in [-0.1, -0.05) is 58.9 Å². The van der Waals surface area contributed by atoms with Crippen LogP contribution in [0.25, 0.3) is 0 Å². The highest BCUT2D eigenvalue weighted by atomic mass is 16.4. The second-order valence-corrected chi connectivity index (χ2v) is 7.56. The molecule has 0 amide bonds.